The Morgan fingerprint density at radius 1 is 1.08 bits per heavy atom. The highest BCUT2D eigenvalue weighted by Crippen LogP contribution is 2.16. The molecule has 0 saturated heterocycles. The van der Waals surface area contributed by atoms with Gasteiger partial charge in [-0.2, -0.15) is 4.31 Å². The molecule has 0 fully saturated rings. The fraction of sp³-hybridized carbons (Fsp3) is 0.235. The second-order valence-corrected chi connectivity index (χ2v) is 7.59. The fourth-order valence-electron chi connectivity index (χ4n) is 2.21. The molecule has 0 aromatic heterocycles. The molecule has 0 radical (unpaired) electrons. The van der Waals surface area contributed by atoms with Crippen LogP contribution in [0.2, 0.25) is 0 Å². The molecule has 2 aromatic rings. The number of carbonyl (C=O) groups excluding carboxylic acids is 1. The van der Waals surface area contributed by atoms with E-state index in [0.29, 0.717) is 6.07 Å². The van der Waals surface area contributed by atoms with Crippen molar-refractivity contribution in [3.63, 3.8) is 0 Å². The van der Waals surface area contributed by atoms with E-state index in [2.05, 4.69) is 5.32 Å². The number of amides is 1. The van der Waals surface area contributed by atoms with Crippen LogP contribution in [-0.4, -0.2) is 31.4 Å². The van der Waals surface area contributed by atoms with E-state index in [9.17, 15) is 26.4 Å². The second-order valence-electron chi connectivity index (χ2n) is 5.61. The van der Waals surface area contributed by atoms with Crippen LogP contribution in [0.15, 0.2) is 42.5 Å². The smallest absolute Gasteiger partial charge is 0.225 e. The number of hydrogen-bond donors (Lipinski definition) is 1. The summed E-state index contributed by atoms with van der Waals surface area (Å²) >= 11 is 0. The molecular weight excluding hydrogens is 369 g/mol. The van der Waals surface area contributed by atoms with Gasteiger partial charge in [0, 0.05) is 31.1 Å². The summed E-state index contributed by atoms with van der Waals surface area (Å²) in [7, 11) is -3.70. The summed E-state index contributed by atoms with van der Waals surface area (Å²) in [5.41, 5.74) is -0.0423. The van der Waals surface area contributed by atoms with Crippen molar-refractivity contribution in [3.05, 3.63) is 65.5 Å². The summed E-state index contributed by atoms with van der Waals surface area (Å²) in [6.45, 7) is -0.453. The molecule has 0 aliphatic carbocycles. The van der Waals surface area contributed by atoms with Crippen LogP contribution >= 0.6 is 0 Å². The van der Waals surface area contributed by atoms with Crippen LogP contribution in [0.25, 0.3) is 0 Å². The number of anilines is 1. The SMILES string of the molecule is CS(=O)(=O)N(CCC(=O)Nc1ccc(F)cc1F)Cc1ccccc1F. The Hall–Kier alpha value is -2.39. The number of sulfonamides is 1. The molecular formula is C17H17F3N2O3S. The minimum Gasteiger partial charge on any atom is -0.324 e. The van der Waals surface area contributed by atoms with Gasteiger partial charge in [0.1, 0.15) is 17.5 Å². The van der Waals surface area contributed by atoms with Gasteiger partial charge < -0.3 is 5.32 Å². The molecule has 0 spiro atoms. The standard InChI is InChI=1S/C17H17F3N2O3S/c1-26(24,25)22(11-12-4-2-3-5-14(12)19)9-8-17(23)21-16-7-6-13(18)10-15(16)20/h2-7,10H,8-9,11H2,1H3,(H,21,23). The van der Waals surface area contributed by atoms with E-state index >= 15 is 0 Å². The lowest BCUT2D eigenvalue weighted by Crippen LogP contribution is -2.33. The molecule has 1 N–H and O–H groups in total. The van der Waals surface area contributed by atoms with E-state index in [4.69, 9.17) is 0 Å². The summed E-state index contributed by atoms with van der Waals surface area (Å²) in [6.07, 6.45) is 0.670. The van der Waals surface area contributed by atoms with Crippen LogP contribution < -0.4 is 5.32 Å². The maximum atomic E-state index is 13.7. The van der Waals surface area contributed by atoms with Crippen molar-refractivity contribution >= 4 is 21.6 Å². The van der Waals surface area contributed by atoms with Gasteiger partial charge in [-0.1, -0.05) is 18.2 Å². The van der Waals surface area contributed by atoms with Gasteiger partial charge in [-0.15, -0.1) is 0 Å². The zero-order chi connectivity index (χ0) is 19.3. The van der Waals surface area contributed by atoms with E-state index in [0.717, 1.165) is 22.7 Å². The molecule has 0 bridgehead atoms. The number of halogens is 3. The minimum atomic E-state index is -3.70. The summed E-state index contributed by atoms with van der Waals surface area (Å²) in [6, 6.07) is 8.38. The Labute approximate surface area is 149 Å². The lowest BCUT2D eigenvalue weighted by Gasteiger charge is -2.20. The molecule has 140 valence electrons. The number of carbonyl (C=O) groups is 1. The van der Waals surface area contributed by atoms with Gasteiger partial charge in [0.2, 0.25) is 15.9 Å². The molecule has 2 aromatic carbocycles. The Balaban J connectivity index is 2.03. The Morgan fingerprint density at radius 3 is 2.38 bits per heavy atom. The van der Waals surface area contributed by atoms with Crippen LogP contribution in [0.1, 0.15) is 12.0 Å². The lowest BCUT2D eigenvalue weighted by molar-refractivity contribution is -0.116. The third-order valence-corrected chi connectivity index (χ3v) is 4.82. The Bertz CT molecular complexity index is 904. The van der Waals surface area contributed by atoms with E-state index in [1.54, 1.807) is 6.07 Å². The van der Waals surface area contributed by atoms with Crippen molar-refractivity contribution in [1.82, 2.24) is 4.31 Å². The number of nitrogens with one attached hydrogen (secondary N) is 1. The van der Waals surface area contributed by atoms with Crippen molar-refractivity contribution in [1.29, 1.82) is 0 Å². The largest absolute Gasteiger partial charge is 0.324 e. The molecule has 0 heterocycles. The average molecular weight is 386 g/mol. The highest BCUT2D eigenvalue weighted by atomic mass is 32.2. The van der Waals surface area contributed by atoms with Crippen molar-refractivity contribution in [2.75, 3.05) is 18.1 Å². The van der Waals surface area contributed by atoms with Gasteiger partial charge in [0.15, 0.2) is 0 Å². The van der Waals surface area contributed by atoms with Crippen molar-refractivity contribution in [3.8, 4) is 0 Å². The first kappa shape index (κ1) is 19.9. The summed E-state index contributed by atoms with van der Waals surface area (Å²) in [5, 5.41) is 2.24. The second kappa shape index (κ2) is 8.33. The summed E-state index contributed by atoms with van der Waals surface area (Å²) in [5.74, 6) is -2.94. The molecule has 0 unspecified atom stereocenters. The predicted molar refractivity (Wildman–Crippen MR) is 91.3 cm³/mol. The molecule has 5 nitrogen and oxygen atoms in total. The maximum Gasteiger partial charge on any atom is 0.225 e. The zero-order valence-corrected chi connectivity index (χ0v) is 14.7. The predicted octanol–water partition coefficient (Wildman–Crippen LogP) is 2.89. The van der Waals surface area contributed by atoms with Crippen molar-refractivity contribution in [2.24, 2.45) is 0 Å². The fourth-order valence-corrected chi connectivity index (χ4v) is 3.01. The van der Waals surface area contributed by atoms with Crippen LogP contribution in [-0.2, 0) is 21.4 Å². The highest BCUT2D eigenvalue weighted by Gasteiger charge is 2.20. The maximum absolute atomic E-state index is 13.7. The van der Waals surface area contributed by atoms with Crippen molar-refractivity contribution < 1.29 is 26.4 Å². The van der Waals surface area contributed by atoms with Gasteiger partial charge in [-0.25, -0.2) is 21.6 Å². The van der Waals surface area contributed by atoms with E-state index in [-0.39, 0.29) is 30.8 Å². The molecule has 9 heteroatoms. The molecule has 0 aliphatic heterocycles. The summed E-state index contributed by atoms with van der Waals surface area (Å²) in [4.78, 5) is 11.9. The van der Waals surface area contributed by atoms with E-state index in [1.165, 1.54) is 18.2 Å². The number of nitrogens with zero attached hydrogens (tertiary/aromatic N) is 1. The van der Waals surface area contributed by atoms with Crippen LogP contribution in [0.4, 0.5) is 18.9 Å². The van der Waals surface area contributed by atoms with Gasteiger partial charge in [0.25, 0.3) is 0 Å². The highest BCUT2D eigenvalue weighted by molar-refractivity contribution is 7.88. The first-order valence-corrected chi connectivity index (χ1v) is 9.45. The van der Waals surface area contributed by atoms with Gasteiger partial charge >= 0.3 is 0 Å². The third kappa shape index (κ3) is 5.57. The monoisotopic (exact) mass is 386 g/mol. The Kier molecular flexibility index (Phi) is 6.38. The molecule has 2 rings (SSSR count). The number of benzene rings is 2. The number of hydrogen-bond acceptors (Lipinski definition) is 3. The number of rotatable bonds is 7. The van der Waals surface area contributed by atoms with E-state index < -0.39 is 33.4 Å². The topological polar surface area (TPSA) is 66.5 Å². The van der Waals surface area contributed by atoms with Crippen LogP contribution in [0, 0.1) is 17.5 Å². The van der Waals surface area contributed by atoms with Gasteiger partial charge in [-0.05, 0) is 18.2 Å². The van der Waals surface area contributed by atoms with E-state index in [1.807, 2.05) is 0 Å². The molecule has 0 atom stereocenters. The molecule has 0 aliphatic rings. The Morgan fingerprint density at radius 2 is 1.77 bits per heavy atom. The van der Waals surface area contributed by atoms with Crippen LogP contribution in [0.5, 0.6) is 0 Å². The van der Waals surface area contributed by atoms with Gasteiger partial charge in [0.05, 0.1) is 11.9 Å². The molecule has 1 amide bonds. The minimum absolute atomic E-state index is 0.169. The quantitative estimate of drug-likeness (QED) is 0.796. The van der Waals surface area contributed by atoms with Crippen LogP contribution in [0.3, 0.4) is 0 Å². The van der Waals surface area contributed by atoms with Gasteiger partial charge in [-0.3, -0.25) is 4.79 Å². The summed E-state index contributed by atoms with van der Waals surface area (Å²) < 4.78 is 64.8. The third-order valence-electron chi connectivity index (χ3n) is 3.57. The average Bonchev–Trinajstić information content (AvgIpc) is 2.54. The first-order valence-electron chi connectivity index (χ1n) is 7.60. The lowest BCUT2D eigenvalue weighted by atomic mass is 10.2. The normalized spacial score (nSPS) is 11.6. The zero-order valence-electron chi connectivity index (χ0n) is 13.9. The molecule has 0 saturated carbocycles. The molecule has 26 heavy (non-hydrogen) atoms. The van der Waals surface area contributed by atoms with Crippen molar-refractivity contribution in [2.45, 2.75) is 13.0 Å². The first-order chi connectivity index (χ1) is 12.2.